The van der Waals surface area contributed by atoms with Gasteiger partial charge in [-0.2, -0.15) is 0 Å². The Bertz CT molecular complexity index is 265. The van der Waals surface area contributed by atoms with E-state index in [9.17, 15) is 5.11 Å². The van der Waals surface area contributed by atoms with Gasteiger partial charge in [-0.1, -0.05) is 6.92 Å². The first-order chi connectivity index (χ1) is 6.22. The normalized spacial score (nSPS) is 12.5. The topological polar surface area (TPSA) is 58.0 Å². The highest BCUT2D eigenvalue weighted by Gasteiger charge is 2.00. The molecule has 1 aromatic rings. The van der Waals surface area contributed by atoms with Gasteiger partial charge < -0.3 is 10.4 Å². The summed E-state index contributed by atoms with van der Waals surface area (Å²) in [6.45, 7) is 4.34. The molecule has 72 valence electrons. The standard InChI is InChI=1S/C9H15N3O/c1-3-8(13)5-11-9-6-10-4-7(2)12-9/h4,6,8,13H,3,5H2,1-2H3,(H,11,12)/t8-/m0/s1. The summed E-state index contributed by atoms with van der Waals surface area (Å²) < 4.78 is 0. The second-order valence-electron chi connectivity index (χ2n) is 2.99. The maximum Gasteiger partial charge on any atom is 0.144 e. The van der Waals surface area contributed by atoms with E-state index in [1.807, 2.05) is 13.8 Å². The molecule has 0 bridgehead atoms. The number of rotatable bonds is 4. The van der Waals surface area contributed by atoms with E-state index in [1.165, 1.54) is 0 Å². The number of aromatic nitrogens is 2. The van der Waals surface area contributed by atoms with E-state index >= 15 is 0 Å². The zero-order chi connectivity index (χ0) is 9.68. The first kappa shape index (κ1) is 9.92. The molecule has 2 N–H and O–H groups in total. The highest BCUT2D eigenvalue weighted by molar-refractivity contribution is 5.31. The highest BCUT2D eigenvalue weighted by Crippen LogP contribution is 2.01. The molecule has 0 spiro atoms. The summed E-state index contributed by atoms with van der Waals surface area (Å²) >= 11 is 0. The number of aliphatic hydroxyl groups is 1. The molecular weight excluding hydrogens is 166 g/mol. The Morgan fingerprint density at radius 1 is 1.54 bits per heavy atom. The van der Waals surface area contributed by atoms with Crippen molar-refractivity contribution in [3.05, 3.63) is 18.1 Å². The fraction of sp³-hybridized carbons (Fsp3) is 0.556. The summed E-state index contributed by atoms with van der Waals surface area (Å²) in [5.41, 5.74) is 0.871. The van der Waals surface area contributed by atoms with Crippen molar-refractivity contribution in [2.45, 2.75) is 26.4 Å². The Kier molecular flexibility index (Phi) is 3.64. The van der Waals surface area contributed by atoms with Crippen molar-refractivity contribution in [3.8, 4) is 0 Å². The van der Waals surface area contributed by atoms with Gasteiger partial charge >= 0.3 is 0 Å². The average molecular weight is 181 g/mol. The van der Waals surface area contributed by atoms with Crippen LogP contribution in [0.15, 0.2) is 12.4 Å². The van der Waals surface area contributed by atoms with Crippen LogP contribution < -0.4 is 5.32 Å². The second-order valence-corrected chi connectivity index (χ2v) is 2.99. The quantitative estimate of drug-likeness (QED) is 0.726. The Labute approximate surface area is 78.0 Å². The molecule has 1 atom stereocenters. The molecule has 4 heteroatoms. The lowest BCUT2D eigenvalue weighted by atomic mass is 10.3. The van der Waals surface area contributed by atoms with Crippen LogP contribution in [0, 0.1) is 6.92 Å². The minimum Gasteiger partial charge on any atom is -0.391 e. The van der Waals surface area contributed by atoms with E-state index in [4.69, 9.17) is 0 Å². The third-order valence-electron chi connectivity index (χ3n) is 1.75. The van der Waals surface area contributed by atoms with E-state index in [-0.39, 0.29) is 6.10 Å². The Balaban J connectivity index is 2.45. The summed E-state index contributed by atoms with van der Waals surface area (Å²) in [4.78, 5) is 8.18. The van der Waals surface area contributed by atoms with Crippen molar-refractivity contribution in [2.24, 2.45) is 0 Å². The molecule has 0 saturated heterocycles. The minimum absolute atomic E-state index is 0.317. The summed E-state index contributed by atoms with van der Waals surface area (Å²) in [5, 5.41) is 12.3. The van der Waals surface area contributed by atoms with Gasteiger partial charge in [0.05, 0.1) is 18.0 Å². The molecule has 0 fully saturated rings. The van der Waals surface area contributed by atoms with E-state index in [1.54, 1.807) is 12.4 Å². The van der Waals surface area contributed by atoms with E-state index in [0.717, 1.165) is 12.1 Å². The summed E-state index contributed by atoms with van der Waals surface area (Å²) in [7, 11) is 0. The SMILES string of the molecule is CC[C@H](O)CNc1cncc(C)n1. The van der Waals surface area contributed by atoms with Crippen molar-refractivity contribution in [3.63, 3.8) is 0 Å². The largest absolute Gasteiger partial charge is 0.391 e. The number of hydrogen-bond donors (Lipinski definition) is 2. The monoisotopic (exact) mass is 181 g/mol. The average Bonchev–Trinajstić information content (AvgIpc) is 2.14. The van der Waals surface area contributed by atoms with Crippen LogP contribution in [0.4, 0.5) is 5.82 Å². The Morgan fingerprint density at radius 3 is 2.92 bits per heavy atom. The van der Waals surface area contributed by atoms with Gasteiger partial charge in [-0.05, 0) is 13.3 Å². The predicted molar refractivity (Wildman–Crippen MR) is 51.6 cm³/mol. The number of anilines is 1. The first-order valence-corrected chi connectivity index (χ1v) is 4.43. The van der Waals surface area contributed by atoms with Crippen molar-refractivity contribution >= 4 is 5.82 Å². The van der Waals surface area contributed by atoms with Gasteiger partial charge in [0.25, 0.3) is 0 Å². The Hall–Kier alpha value is -1.16. The molecule has 1 rings (SSSR count). The van der Waals surface area contributed by atoms with Crippen LogP contribution in [0.3, 0.4) is 0 Å². The fourth-order valence-electron chi connectivity index (χ4n) is 0.915. The van der Waals surface area contributed by atoms with Crippen molar-refractivity contribution < 1.29 is 5.11 Å². The molecule has 0 amide bonds. The van der Waals surface area contributed by atoms with E-state index in [0.29, 0.717) is 12.4 Å². The van der Waals surface area contributed by atoms with Crippen molar-refractivity contribution in [2.75, 3.05) is 11.9 Å². The molecule has 0 aliphatic rings. The Morgan fingerprint density at radius 2 is 2.31 bits per heavy atom. The van der Waals surface area contributed by atoms with Gasteiger partial charge in [0, 0.05) is 12.7 Å². The van der Waals surface area contributed by atoms with Crippen LogP contribution in [0.1, 0.15) is 19.0 Å². The third kappa shape index (κ3) is 3.38. The maximum atomic E-state index is 9.28. The van der Waals surface area contributed by atoms with Crippen LogP contribution in [0.2, 0.25) is 0 Å². The van der Waals surface area contributed by atoms with Crippen LogP contribution >= 0.6 is 0 Å². The second kappa shape index (κ2) is 4.77. The van der Waals surface area contributed by atoms with Crippen LogP contribution in [0.5, 0.6) is 0 Å². The smallest absolute Gasteiger partial charge is 0.144 e. The fourth-order valence-corrected chi connectivity index (χ4v) is 0.915. The number of hydrogen-bond acceptors (Lipinski definition) is 4. The first-order valence-electron chi connectivity index (χ1n) is 4.43. The van der Waals surface area contributed by atoms with Gasteiger partial charge in [-0.15, -0.1) is 0 Å². The van der Waals surface area contributed by atoms with Crippen molar-refractivity contribution in [1.29, 1.82) is 0 Å². The number of nitrogens with one attached hydrogen (secondary N) is 1. The zero-order valence-corrected chi connectivity index (χ0v) is 7.99. The lowest BCUT2D eigenvalue weighted by Gasteiger charge is -2.09. The molecule has 13 heavy (non-hydrogen) atoms. The number of aryl methyl sites for hydroxylation is 1. The van der Waals surface area contributed by atoms with E-state index < -0.39 is 0 Å². The number of aliphatic hydroxyl groups excluding tert-OH is 1. The molecule has 0 aliphatic carbocycles. The van der Waals surface area contributed by atoms with Gasteiger partial charge in [-0.3, -0.25) is 4.98 Å². The summed E-state index contributed by atoms with van der Waals surface area (Å²) in [6.07, 6.45) is 3.77. The highest BCUT2D eigenvalue weighted by atomic mass is 16.3. The molecule has 1 aromatic heterocycles. The zero-order valence-electron chi connectivity index (χ0n) is 7.99. The minimum atomic E-state index is -0.317. The predicted octanol–water partition coefficient (Wildman–Crippen LogP) is 0.968. The van der Waals surface area contributed by atoms with Crippen LogP contribution in [-0.2, 0) is 0 Å². The molecule has 1 heterocycles. The molecule has 0 unspecified atom stereocenters. The van der Waals surface area contributed by atoms with E-state index in [2.05, 4.69) is 15.3 Å². The lowest BCUT2D eigenvalue weighted by molar-refractivity contribution is 0.183. The number of nitrogens with zero attached hydrogens (tertiary/aromatic N) is 2. The third-order valence-corrected chi connectivity index (χ3v) is 1.75. The van der Waals surface area contributed by atoms with Crippen LogP contribution in [0.25, 0.3) is 0 Å². The maximum absolute atomic E-state index is 9.28. The molecule has 0 saturated carbocycles. The van der Waals surface area contributed by atoms with Crippen molar-refractivity contribution in [1.82, 2.24) is 9.97 Å². The van der Waals surface area contributed by atoms with Gasteiger partial charge in [0.1, 0.15) is 5.82 Å². The molecular formula is C9H15N3O. The molecule has 0 aromatic carbocycles. The van der Waals surface area contributed by atoms with Gasteiger partial charge in [-0.25, -0.2) is 4.98 Å². The lowest BCUT2D eigenvalue weighted by Crippen LogP contribution is -2.18. The van der Waals surface area contributed by atoms with Gasteiger partial charge in [0.2, 0.25) is 0 Å². The summed E-state index contributed by atoms with van der Waals surface area (Å²) in [6, 6.07) is 0. The molecule has 0 aliphatic heterocycles. The van der Waals surface area contributed by atoms with Gasteiger partial charge in [0.15, 0.2) is 0 Å². The van der Waals surface area contributed by atoms with Crippen LogP contribution in [-0.4, -0.2) is 27.7 Å². The summed E-state index contributed by atoms with van der Waals surface area (Å²) in [5.74, 6) is 0.715. The molecule has 0 radical (unpaired) electrons. The molecule has 4 nitrogen and oxygen atoms in total.